The molecule has 0 atom stereocenters. The van der Waals surface area contributed by atoms with Crippen molar-refractivity contribution < 1.29 is 22.7 Å². The average Bonchev–Trinajstić information content (AvgIpc) is 2.34. The smallest absolute Gasteiger partial charge is 0.405 e. The van der Waals surface area contributed by atoms with Crippen LogP contribution in [0.1, 0.15) is 17.3 Å². The number of nitrogens with two attached hydrogens (primary N) is 1. The Kier molecular flexibility index (Phi) is 4.63. The second-order valence-electron chi connectivity index (χ2n) is 3.86. The van der Waals surface area contributed by atoms with Gasteiger partial charge in [-0.15, -0.1) is 0 Å². The van der Waals surface area contributed by atoms with Crippen LogP contribution in [0, 0.1) is 0 Å². The first-order valence-electron chi connectivity index (χ1n) is 5.58. The van der Waals surface area contributed by atoms with Gasteiger partial charge in [-0.3, -0.25) is 0 Å². The van der Waals surface area contributed by atoms with Gasteiger partial charge in [-0.25, -0.2) is 4.79 Å². The van der Waals surface area contributed by atoms with Crippen LogP contribution in [0.25, 0.3) is 0 Å². The summed E-state index contributed by atoms with van der Waals surface area (Å²) < 4.78 is 42.1. The lowest BCUT2D eigenvalue weighted by Crippen LogP contribution is -2.35. The standard InChI is InChI=1S/C12H15F3N2O2/c1-3-17(7-12(13,14)15)10-8(11(18)19-2)5-4-6-9(10)16/h4-6H,3,7,16H2,1-2H3. The second-order valence-corrected chi connectivity index (χ2v) is 3.86. The quantitative estimate of drug-likeness (QED) is 0.678. The minimum atomic E-state index is -4.38. The molecule has 0 heterocycles. The third kappa shape index (κ3) is 3.77. The summed E-state index contributed by atoms with van der Waals surface area (Å²) in [6.45, 7) is 0.443. The molecule has 0 spiro atoms. The summed E-state index contributed by atoms with van der Waals surface area (Å²) in [5.74, 6) is -0.720. The van der Waals surface area contributed by atoms with E-state index in [1.165, 1.54) is 18.2 Å². The van der Waals surface area contributed by atoms with E-state index in [0.717, 1.165) is 12.0 Å². The number of hydrogen-bond acceptors (Lipinski definition) is 4. The first-order chi connectivity index (χ1) is 8.80. The molecule has 0 unspecified atom stereocenters. The Labute approximate surface area is 108 Å². The van der Waals surface area contributed by atoms with E-state index >= 15 is 0 Å². The third-order valence-corrected chi connectivity index (χ3v) is 2.54. The topological polar surface area (TPSA) is 55.6 Å². The van der Waals surface area contributed by atoms with Gasteiger partial charge < -0.3 is 15.4 Å². The molecular weight excluding hydrogens is 261 g/mol. The van der Waals surface area contributed by atoms with Crippen LogP contribution in [0.2, 0.25) is 0 Å². The molecule has 0 radical (unpaired) electrons. The van der Waals surface area contributed by atoms with Gasteiger partial charge in [-0.1, -0.05) is 6.07 Å². The molecule has 0 aliphatic carbocycles. The van der Waals surface area contributed by atoms with E-state index in [4.69, 9.17) is 5.73 Å². The summed E-state index contributed by atoms with van der Waals surface area (Å²) in [6.07, 6.45) is -4.38. The molecule has 0 aromatic heterocycles. The fraction of sp³-hybridized carbons (Fsp3) is 0.417. The number of ether oxygens (including phenoxy) is 1. The molecule has 0 fully saturated rings. The van der Waals surface area contributed by atoms with Crippen LogP contribution >= 0.6 is 0 Å². The number of halogens is 3. The van der Waals surface area contributed by atoms with Gasteiger partial charge in [-0.05, 0) is 19.1 Å². The van der Waals surface area contributed by atoms with Gasteiger partial charge in [0.25, 0.3) is 0 Å². The van der Waals surface area contributed by atoms with Crippen LogP contribution < -0.4 is 10.6 Å². The Balaban J connectivity index is 3.26. The van der Waals surface area contributed by atoms with Crippen LogP contribution in [-0.2, 0) is 4.74 Å². The molecule has 19 heavy (non-hydrogen) atoms. The molecule has 0 saturated heterocycles. The van der Waals surface area contributed by atoms with Crippen molar-refractivity contribution in [1.29, 1.82) is 0 Å². The summed E-state index contributed by atoms with van der Waals surface area (Å²) in [4.78, 5) is 12.6. The van der Waals surface area contributed by atoms with E-state index in [2.05, 4.69) is 4.74 Å². The monoisotopic (exact) mass is 276 g/mol. The highest BCUT2D eigenvalue weighted by atomic mass is 19.4. The van der Waals surface area contributed by atoms with Crippen LogP contribution in [0.3, 0.4) is 0 Å². The van der Waals surface area contributed by atoms with Gasteiger partial charge in [0.1, 0.15) is 6.54 Å². The number of nitrogens with zero attached hydrogens (tertiary/aromatic N) is 1. The largest absolute Gasteiger partial charge is 0.465 e. The van der Waals surface area contributed by atoms with E-state index in [1.807, 2.05) is 0 Å². The van der Waals surface area contributed by atoms with Crippen molar-refractivity contribution in [2.75, 3.05) is 30.8 Å². The minimum absolute atomic E-state index is 0.0219. The zero-order chi connectivity index (χ0) is 14.6. The fourth-order valence-corrected chi connectivity index (χ4v) is 1.75. The van der Waals surface area contributed by atoms with Crippen LogP contribution in [0.4, 0.5) is 24.5 Å². The maximum atomic E-state index is 12.5. The molecule has 4 nitrogen and oxygen atoms in total. The maximum Gasteiger partial charge on any atom is 0.405 e. The number of rotatable bonds is 4. The van der Waals surface area contributed by atoms with Gasteiger partial charge in [0.05, 0.1) is 24.0 Å². The molecular formula is C12H15F3N2O2. The molecule has 0 aliphatic heterocycles. The van der Waals surface area contributed by atoms with Gasteiger partial charge in [0, 0.05) is 6.54 Å². The van der Waals surface area contributed by atoms with Crippen molar-refractivity contribution >= 4 is 17.3 Å². The number of anilines is 2. The summed E-state index contributed by atoms with van der Waals surface area (Å²) in [7, 11) is 1.16. The summed E-state index contributed by atoms with van der Waals surface area (Å²) in [5.41, 5.74) is 5.87. The highest BCUT2D eigenvalue weighted by molar-refractivity contribution is 5.99. The maximum absolute atomic E-state index is 12.5. The Morgan fingerprint density at radius 1 is 1.42 bits per heavy atom. The zero-order valence-electron chi connectivity index (χ0n) is 10.6. The Morgan fingerprint density at radius 3 is 2.53 bits per heavy atom. The number of benzene rings is 1. The summed E-state index contributed by atoms with van der Waals surface area (Å²) >= 11 is 0. The van der Waals surface area contributed by atoms with Gasteiger partial charge in [0.2, 0.25) is 0 Å². The van der Waals surface area contributed by atoms with Gasteiger partial charge in [-0.2, -0.15) is 13.2 Å². The third-order valence-electron chi connectivity index (χ3n) is 2.54. The second kappa shape index (κ2) is 5.81. The highest BCUT2D eigenvalue weighted by Crippen LogP contribution is 2.31. The van der Waals surface area contributed by atoms with Gasteiger partial charge in [0.15, 0.2) is 0 Å². The lowest BCUT2D eigenvalue weighted by Gasteiger charge is -2.27. The van der Waals surface area contributed by atoms with Gasteiger partial charge >= 0.3 is 12.1 Å². The van der Waals surface area contributed by atoms with Crippen molar-refractivity contribution in [2.45, 2.75) is 13.1 Å². The molecule has 0 amide bonds. The first kappa shape index (κ1) is 15.1. The summed E-state index contributed by atoms with van der Waals surface area (Å²) in [6, 6.07) is 4.32. The van der Waals surface area contributed by atoms with Crippen LogP contribution in [0.15, 0.2) is 18.2 Å². The van der Waals surface area contributed by atoms with Crippen LogP contribution in [-0.4, -0.2) is 32.3 Å². The molecule has 0 saturated carbocycles. The molecule has 7 heteroatoms. The van der Waals surface area contributed by atoms with E-state index in [0.29, 0.717) is 0 Å². The molecule has 1 aromatic rings. The Morgan fingerprint density at radius 2 is 2.05 bits per heavy atom. The molecule has 0 bridgehead atoms. The van der Waals surface area contributed by atoms with E-state index in [1.54, 1.807) is 6.92 Å². The molecule has 2 N–H and O–H groups in total. The number of nitrogen functional groups attached to an aromatic ring is 1. The predicted octanol–water partition coefficient (Wildman–Crippen LogP) is 2.44. The molecule has 1 rings (SSSR count). The predicted molar refractivity (Wildman–Crippen MR) is 66.1 cm³/mol. The number of carbonyl (C=O) groups is 1. The highest BCUT2D eigenvalue weighted by Gasteiger charge is 2.32. The normalized spacial score (nSPS) is 11.2. The lowest BCUT2D eigenvalue weighted by molar-refractivity contribution is -0.119. The number of carbonyl (C=O) groups excluding carboxylic acids is 1. The average molecular weight is 276 g/mol. The molecule has 1 aromatic carbocycles. The number of hydrogen-bond donors (Lipinski definition) is 1. The van der Waals surface area contributed by atoms with E-state index < -0.39 is 18.7 Å². The van der Waals surface area contributed by atoms with Crippen LogP contribution in [0.5, 0.6) is 0 Å². The van der Waals surface area contributed by atoms with Crippen molar-refractivity contribution in [3.05, 3.63) is 23.8 Å². The van der Waals surface area contributed by atoms with E-state index in [-0.39, 0.29) is 23.5 Å². The van der Waals surface area contributed by atoms with Crippen molar-refractivity contribution in [2.24, 2.45) is 0 Å². The minimum Gasteiger partial charge on any atom is -0.465 e. The van der Waals surface area contributed by atoms with E-state index in [9.17, 15) is 18.0 Å². The van der Waals surface area contributed by atoms with Crippen molar-refractivity contribution in [1.82, 2.24) is 0 Å². The lowest BCUT2D eigenvalue weighted by atomic mass is 10.1. The Bertz CT molecular complexity index is 461. The fourth-order valence-electron chi connectivity index (χ4n) is 1.75. The van der Waals surface area contributed by atoms with Crippen molar-refractivity contribution in [3.63, 3.8) is 0 Å². The first-order valence-corrected chi connectivity index (χ1v) is 5.58. The zero-order valence-corrected chi connectivity index (χ0v) is 10.6. The summed E-state index contributed by atoms with van der Waals surface area (Å²) in [5, 5.41) is 0. The molecule has 106 valence electrons. The number of esters is 1. The Hall–Kier alpha value is -1.92. The number of alkyl halides is 3. The van der Waals surface area contributed by atoms with Crippen molar-refractivity contribution in [3.8, 4) is 0 Å². The number of para-hydroxylation sites is 1. The molecule has 0 aliphatic rings. The SMILES string of the molecule is CCN(CC(F)(F)F)c1c(N)cccc1C(=O)OC. The number of methoxy groups -OCH3 is 1.